The summed E-state index contributed by atoms with van der Waals surface area (Å²) >= 11 is 0. The Kier molecular flexibility index (Phi) is 7.12. The Bertz CT molecular complexity index is 2150. The molecule has 1 nitrogen and oxygen atoms in total. The highest BCUT2D eigenvalue weighted by molar-refractivity contribution is 5.95. The molecule has 0 unspecified atom stereocenters. The Balaban J connectivity index is 1.28. The fourth-order valence-corrected chi connectivity index (χ4v) is 8.99. The summed E-state index contributed by atoms with van der Waals surface area (Å²) < 4.78 is 0. The highest BCUT2D eigenvalue weighted by Crippen LogP contribution is 2.54. The van der Waals surface area contributed by atoms with Crippen LogP contribution in [-0.2, 0) is 31.1 Å². The molecule has 9 rings (SSSR count). The first-order valence-corrected chi connectivity index (χ1v) is 18.0. The van der Waals surface area contributed by atoms with Crippen LogP contribution in [0.4, 0.5) is 17.1 Å². The van der Waals surface area contributed by atoms with E-state index in [2.05, 4.69) is 146 Å². The van der Waals surface area contributed by atoms with Crippen LogP contribution in [0.5, 0.6) is 0 Å². The fourth-order valence-electron chi connectivity index (χ4n) is 8.99. The summed E-state index contributed by atoms with van der Waals surface area (Å²) in [6, 6.07) is 48.5. The largest absolute Gasteiger partial charge is 0.310 e. The molecule has 0 radical (unpaired) electrons. The fraction of sp³-hybridized carbons (Fsp3) is 0.234. The number of hydrogen-bond donors (Lipinski definition) is 0. The van der Waals surface area contributed by atoms with Gasteiger partial charge in [0.2, 0.25) is 0 Å². The third-order valence-electron chi connectivity index (χ3n) is 11.5. The normalized spacial score (nSPS) is 15.6. The minimum Gasteiger partial charge on any atom is -0.310 e. The van der Waals surface area contributed by atoms with Gasteiger partial charge in [0, 0.05) is 22.4 Å². The van der Waals surface area contributed by atoms with Gasteiger partial charge < -0.3 is 4.90 Å². The summed E-state index contributed by atoms with van der Waals surface area (Å²) in [5, 5.41) is 0. The van der Waals surface area contributed by atoms with Crippen molar-refractivity contribution in [3.05, 3.63) is 161 Å². The average molecular weight is 622 g/mol. The Morgan fingerprint density at radius 2 is 1.04 bits per heavy atom. The average Bonchev–Trinajstić information content (AvgIpc) is 3.37. The van der Waals surface area contributed by atoms with Crippen LogP contribution in [0.25, 0.3) is 33.4 Å². The second-order valence-electron chi connectivity index (χ2n) is 14.6. The van der Waals surface area contributed by atoms with Gasteiger partial charge in [-0.15, -0.1) is 0 Å². The molecule has 0 aliphatic heterocycles. The number of hydrogen-bond acceptors (Lipinski definition) is 1. The first kappa shape index (κ1) is 29.3. The van der Waals surface area contributed by atoms with Crippen molar-refractivity contribution in [1.82, 2.24) is 0 Å². The molecule has 0 heterocycles. The number of rotatable bonds is 5. The van der Waals surface area contributed by atoms with Crippen LogP contribution in [0.1, 0.15) is 72.9 Å². The number of benzene rings is 6. The van der Waals surface area contributed by atoms with E-state index in [0.717, 1.165) is 12.8 Å². The lowest BCUT2D eigenvalue weighted by atomic mass is 9.81. The van der Waals surface area contributed by atoms with E-state index in [-0.39, 0.29) is 5.41 Å². The number of fused-ring (bicyclic) bond motifs is 5. The molecule has 3 aliphatic carbocycles. The smallest absolute Gasteiger partial charge is 0.0543 e. The molecule has 236 valence electrons. The van der Waals surface area contributed by atoms with Gasteiger partial charge in [0.25, 0.3) is 0 Å². The van der Waals surface area contributed by atoms with Gasteiger partial charge in [-0.25, -0.2) is 0 Å². The minimum atomic E-state index is -0.0893. The highest BCUT2D eigenvalue weighted by atomic mass is 15.1. The van der Waals surface area contributed by atoms with Crippen LogP contribution in [-0.4, -0.2) is 0 Å². The highest BCUT2D eigenvalue weighted by Gasteiger charge is 2.37. The van der Waals surface area contributed by atoms with Crippen LogP contribution >= 0.6 is 0 Å². The van der Waals surface area contributed by atoms with E-state index >= 15 is 0 Å². The maximum Gasteiger partial charge on any atom is 0.0543 e. The van der Waals surface area contributed by atoms with Crippen LogP contribution in [0.15, 0.2) is 127 Å². The van der Waals surface area contributed by atoms with Gasteiger partial charge in [0.05, 0.1) is 5.69 Å². The molecular formula is C47H43N. The molecule has 48 heavy (non-hydrogen) atoms. The van der Waals surface area contributed by atoms with Crippen molar-refractivity contribution < 1.29 is 0 Å². The molecule has 0 N–H and O–H groups in total. The van der Waals surface area contributed by atoms with E-state index in [1.807, 2.05) is 0 Å². The first-order valence-electron chi connectivity index (χ1n) is 18.0. The van der Waals surface area contributed by atoms with Gasteiger partial charge in [0.1, 0.15) is 0 Å². The van der Waals surface area contributed by atoms with Gasteiger partial charge in [-0.2, -0.15) is 0 Å². The van der Waals surface area contributed by atoms with Crippen molar-refractivity contribution in [3.8, 4) is 33.4 Å². The minimum absolute atomic E-state index is 0.0893. The number of aryl methyl sites for hydroxylation is 2. The molecule has 6 aromatic carbocycles. The molecule has 0 bridgehead atoms. The molecule has 3 aliphatic rings. The summed E-state index contributed by atoms with van der Waals surface area (Å²) in [4.78, 5) is 2.57. The summed E-state index contributed by atoms with van der Waals surface area (Å²) in [5.74, 6) is 0. The molecule has 0 saturated carbocycles. The molecule has 0 aromatic heterocycles. The molecule has 0 amide bonds. The lowest BCUT2D eigenvalue weighted by Crippen LogP contribution is -2.18. The first-order chi connectivity index (χ1) is 23.6. The molecule has 0 spiro atoms. The summed E-state index contributed by atoms with van der Waals surface area (Å²) in [6.07, 6.45) is 9.79. The van der Waals surface area contributed by atoms with E-state index in [1.54, 1.807) is 5.56 Å². The Hall–Kier alpha value is -4.88. The number of nitrogens with zero attached hydrogens (tertiary/aromatic N) is 1. The molecule has 0 saturated heterocycles. The number of anilines is 3. The van der Waals surface area contributed by atoms with Crippen molar-refractivity contribution in [2.24, 2.45) is 0 Å². The maximum absolute atomic E-state index is 2.57. The second-order valence-corrected chi connectivity index (χ2v) is 14.6. The standard InChI is InChI=1S/C47H43N/c1-47(2)43-24-11-10-22-40(43)42-30-41(35-28-26-34(27-29-35)38-23-12-16-32-14-6-8-20-37(32)38)46(31-44(42)47)48(36-18-4-3-5-19-36)45-25-13-17-33-15-7-9-21-39(33)45/h3-5,10-13,16-19,22-31H,6-9,14-15,20-21H2,1-2H3. The van der Waals surface area contributed by atoms with E-state index < -0.39 is 0 Å². The summed E-state index contributed by atoms with van der Waals surface area (Å²) in [7, 11) is 0. The van der Waals surface area contributed by atoms with Crippen molar-refractivity contribution in [1.29, 1.82) is 0 Å². The Labute approximate surface area is 285 Å². The SMILES string of the molecule is CC1(C)c2ccccc2-c2cc(-c3ccc(-c4cccc5c4CCCC5)cc3)c(N(c3ccccc3)c3cccc4c3CCCC4)cc21. The lowest BCUT2D eigenvalue weighted by Gasteiger charge is -2.33. The third kappa shape index (κ3) is 4.74. The molecular weight excluding hydrogens is 579 g/mol. The molecule has 1 heteroatoms. The van der Waals surface area contributed by atoms with E-state index in [0.29, 0.717) is 0 Å². The quantitative estimate of drug-likeness (QED) is 0.185. The van der Waals surface area contributed by atoms with Crippen LogP contribution in [0.2, 0.25) is 0 Å². The predicted molar refractivity (Wildman–Crippen MR) is 203 cm³/mol. The predicted octanol–water partition coefficient (Wildman–Crippen LogP) is 12.6. The van der Waals surface area contributed by atoms with Crippen molar-refractivity contribution >= 4 is 17.1 Å². The summed E-state index contributed by atoms with van der Waals surface area (Å²) in [5.41, 5.74) is 20.6. The Morgan fingerprint density at radius 1 is 0.438 bits per heavy atom. The van der Waals surface area contributed by atoms with Crippen LogP contribution in [0, 0.1) is 0 Å². The lowest BCUT2D eigenvalue weighted by molar-refractivity contribution is 0.660. The van der Waals surface area contributed by atoms with Gasteiger partial charge in [-0.05, 0) is 143 Å². The molecule has 0 atom stereocenters. The van der Waals surface area contributed by atoms with E-state index in [1.165, 1.54) is 117 Å². The van der Waals surface area contributed by atoms with Crippen LogP contribution in [0.3, 0.4) is 0 Å². The molecule has 6 aromatic rings. The zero-order valence-electron chi connectivity index (χ0n) is 28.2. The van der Waals surface area contributed by atoms with Crippen molar-refractivity contribution in [3.63, 3.8) is 0 Å². The molecule has 0 fully saturated rings. The van der Waals surface area contributed by atoms with Gasteiger partial charge >= 0.3 is 0 Å². The van der Waals surface area contributed by atoms with Crippen LogP contribution < -0.4 is 4.90 Å². The van der Waals surface area contributed by atoms with Crippen molar-refractivity contribution in [2.75, 3.05) is 4.90 Å². The summed E-state index contributed by atoms with van der Waals surface area (Å²) in [6.45, 7) is 4.79. The van der Waals surface area contributed by atoms with E-state index in [9.17, 15) is 0 Å². The second kappa shape index (κ2) is 11.7. The van der Waals surface area contributed by atoms with Gasteiger partial charge in [-0.1, -0.05) is 111 Å². The third-order valence-corrected chi connectivity index (χ3v) is 11.5. The van der Waals surface area contributed by atoms with Gasteiger partial charge in [0.15, 0.2) is 0 Å². The number of para-hydroxylation sites is 1. The topological polar surface area (TPSA) is 3.24 Å². The Morgan fingerprint density at radius 3 is 1.81 bits per heavy atom. The maximum atomic E-state index is 2.57. The van der Waals surface area contributed by atoms with Gasteiger partial charge in [-0.3, -0.25) is 0 Å². The van der Waals surface area contributed by atoms with E-state index in [4.69, 9.17) is 0 Å². The van der Waals surface area contributed by atoms with Crippen molar-refractivity contribution in [2.45, 2.75) is 70.6 Å². The zero-order valence-corrected chi connectivity index (χ0v) is 28.2. The monoisotopic (exact) mass is 621 g/mol. The zero-order chi connectivity index (χ0) is 32.2.